The number of rotatable bonds is 13. The summed E-state index contributed by atoms with van der Waals surface area (Å²) < 4.78 is 10.2. The van der Waals surface area contributed by atoms with Crippen LogP contribution in [0.5, 0.6) is 0 Å². The first kappa shape index (κ1) is 18.8. The number of nitrogens with zero attached hydrogens (tertiary/aromatic N) is 1. The second-order valence-electron chi connectivity index (χ2n) is 5.45. The molecule has 0 saturated heterocycles. The highest BCUT2D eigenvalue weighted by Gasteiger charge is 2.16. The minimum atomic E-state index is -0.437. The maximum atomic E-state index is 9.10. The fourth-order valence-corrected chi connectivity index (χ4v) is 1.93. The van der Waals surface area contributed by atoms with E-state index in [1.54, 1.807) is 14.2 Å². The summed E-state index contributed by atoms with van der Waals surface area (Å²) in [5.41, 5.74) is 5.47. The molecule has 0 rings (SSSR count). The van der Waals surface area contributed by atoms with Crippen molar-refractivity contribution in [3.63, 3.8) is 0 Å². The minimum Gasteiger partial charge on any atom is -0.394 e. The maximum absolute atomic E-state index is 9.10. The summed E-state index contributed by atoms with van der Waals surface area (Å²) >= 11 is 0. The number of methoxy groups -OCH3 is 2. The van der Waals surface area contributed by atoms with Crippen molar-refractivity contribution in [2.75, 3.05) is 53.7 Å². The van der Waals surface area contributed by atoms with Crippen molar-refractivity contribution in [2.45, 2.75) is 38.1 Å². The third-order valence-corrected chi connectivity index (χ3v) is 3.27. The van der Waals surface area contributed by atoms with Crippen LogP contribution in [0.25, 0.3) is 0 Å². The zero-order valence-corrected chi connectivity index (χ0v) is 12.9. The van der Waals surface area contributed by atoms with E-state index in [-0.39, 0.29) is 6.61 Å². The molecule has 19 heavy (non-hydrogen) atoms. The van der Waals surface area contributed by atoms with E-state index in [0.717, 1.165) is 58.5 Å². The number of nitrogens with two attached hydrogens (primary N) is 1. The van der Waals surface area contributed by atoms with Gasteiger partial charge in [0, 0.05) is 39.5 Å². The molecule has 0 fully saturated rings. The monoisotopic (exact) mass is 276 g/mol. The van der Waals surface area contributed by atoms with E-state index in [4.69, 9.17) is 20.3 Å². The van der Waals surface area contributed by atoms with Gasteiger partial charge in [-0.05, 0) is 32.7 Å². The van der Waals surface area contributed by atoms with Gasteiger partial charge < -0.3 is 25.2 Å². The number of aliphatic hydroxyl groups is 1. The van der Waals surface area contributed by atoms with Crippen LogP contribution in [0.3, 0.4) is 0 Å². The highest BCUT2D eigenvalue weighted by Crippen LogP contribution is 2.10. The third kappa shape index (κ3) is 11.3. The Hall–Kier alpha value is -0.200. The van der Waals surface area contributed by atoms with Crippen molar-refractivity contribution in [1.82, 2.24) is 4.90 Å². The van der Waals surface area contributed by atoms with Crippen LogP contribution in [-0.4, -0.2) is 69.2 Å². The van der Waals surface area contributed by atoms with E-state index < -0.39 is 5.54 Å². The molecular weight excluding hydrogens is 244 g/mol. The number of ether oxygens (including phenoxy) is 2. The van der Waals surface area contributed by atoms with Crippen molar-refractivity contribution in [3.8, 4) is 0 Å². The predicted octanol–water partition coefficient (Wildman–Crippen LogP) is 0.851. The number of aliphatic hydroxyl groups excluding tert-OH is 1. The predicted molar refractivity (Wildman–Crippen MR) is 78.3 cm³/mol. The number of hydrogen-bond donors (Lipinski definition) is 2. The summed E-state index contributed by atoms with van der Waals surface area (Å²) in [6.45, 7) is 6.56. The van der Waals surface area contributed by atoms with Crippen LogP contribution in [0.1, 0.15) is 32.6 Å². The molecule has 0 bridgehead atoms. The average Bonchev–Trinajstić information content (AvgIpc) is 2.40. The van der Waals surface area contributed by atoms with Crippen molar-refractivity contribution < 1.29 is 14.6 Å². The van der Waals surface area contributed by atoms with Crippen LogP contribution < -0.4 is 5.73 Å². The zero-order valence-electron chi connectivity index (χ0n) is 12.9. The van der Waals surface area contributed by atoms with Gasteiger partial charge in [-0.15, -0.1) is 0 Å². The van der Waals surface area contributed by atoms with E-state index in [1.165, 1.54) is 0 Å². The molecule has 0 aromatic carbocycles. The molecule has 1 unspecified atom stereocenters. The molecule has 0 aliphatic carbocycles. The van der Waals surface area contributed by atoms with Crippen molar-refractivity contribution in [2.24, 2.45) is 5.73 Å². The van der Waals surface area contributed by atoms with Gasteiger partial charge in [-0.1, -0.05) is 6.42 Å². The molecule has 0 radical (unpaired) electrons. The highest BCUT2D eigenvalue weighted by molar-refractivity contribution is 4.76. The lowest BCUT2D eigenvalue weighted by molar-refractivity contribution is 0.130. The largest absolute Gasteiger partial charge is 0.394 e. The molecule has 0 aromatic heterocycles. The zero-order chi connectivity index (χ0) is 14.6. The topological polar surface area (TPSA) is 68.0 Å². The highest BCUT2D eigenvalue weighted by atomic mass is 16.5. The normalized spacial score (nSPS) is 14.8. The smallest absolute Gasteiger partial charge is 0.0608 e. The molecule has 5 heteroatoms. The van der Waals surface area contributed by atoms with Crippen LogP contribution in [0.2, 0.25) is 0 Å². The Morgan fingerprint density at radius 3 is 2.21 bits per heavy atom. The summed E-state index contributed by atoms with van der Waals surface area (Å²) in [6.07, 6.45) is 4.05. The van der Waals surface area contributed by atoms with Gasteiger partial charge in [0.2, 0.25) is 0 Å². The van der Waals surface area contributed by atoms with Gasteiger partial charge in [-0.3, -0.25) is 0 Å². The van der Waals surface area contributed by atoms with Crippen molar-refractivity contribution in [1.29, 1.82) is 0 Å². The van der Waals surface area contributed by atoms with Gasteiger partial charge in [0.25, 0.3) is 0 Å². The average molecular weight is 276 g/mol. The summed E-state index contributed by atoms with van der Waals surface area (Å²) in [6, 6.07) is 0. The standard InChI is InChI=1S/C14H32N2O3/c1-14(15,13-17)7-4-5-8-16(10-12-19-3)9-6-11-18-2/h17H,4-13,15H2,1-3H3. The molecule has 5 nitrogen and oxygen atoms in total. The maximum Gasteiger partial charge on any atom is 0.0608 e. The molecule has 0 aliphatic rings. The van der Waals surface area contributed by atoms with E-state index in [2.05, 4.69) is 4.90 Å². The molecule has 0 saturated carbocycles. The molecule has 0 aliphatic heterocycles. The minimum absolute atomic E-state index is 0.0498. The summed E-state index contributed by atoms with van der Waals surface area (Å²) in [7, 11) is 3.46. The lowest BCUT2D eigenvalue weighted by Crippen LogP contribution is -2.40. The van der Waals surface area contributed by atoms with Gasteiger partial charge in [0.15, 0.2) is 0 Å². The van der Waals surface area contributed by atoms with Crippen LogP contribution >= 0.6 is 0 Å². The molecule has 0 aromatic rings. The first-order chi connectivity index (χ1) is 9.05. The fourth-order valence-electron chi connectivity index (χ4n) is 1.93. The molecule has 3 N–H and O–H groups in total. The Kier molecular flexibility index (Phi) is 11.5. The summed E-state index contributed by atoms with van der Waals surface area (Å²) in [4.78, 5) is 2.40. The lowest BCUT2D eigenvalue weighted by atomic mass is 9.97. The third-order valence-electron chi connectivity index (χ3n) is 3.27. The second kappa shape index (κ2) is 11.6. The molecule has 1 atom stereocenters. The Labute approximate surface area is 118 Å². The molecular formula is C14H32N2O3. The Balaban J connectivity index is 3.77. The van der Waals surface area contributed by atoms with Crippen molar-refractivity contribution >= 4 is 0 Å². The quantitative estimate of drug-likeness (QED) is 0.488. The molecule has 116 valence electrons. The van der Waals surface area contributed by atoms with Crippen LogP contribution in [0, 0.1) is 0 Å². The van der Waals surface area contributed by atoms with E-state index in [0.29, 0.717) is 0 Å². The van der Waals surface area contributed by atoms with Gasteiger partial charge in [-0.25, -0.2) is 0 Å². The Morgan fingerprint density at radius 2 is 1.63 bits per heavy atom. The van der Waals surface area contributed by atoms with Gasteiger partial charge >= 0.3 is 0 Å². The summed E-state index contributed by atoms with van der Waals surface area (Å²) in [5, 5.41) is 9.10. The first-order valence-corrected chi connectivity index (χ1v) is 7.15. The van der Waals surface area contributed by atoms with Crippen LogP contribution in [0.15, 0.2) is 0 Å². The van der Waals surface area contributed by atoms with E-state index in [1.807, 2.05) is 6.92 Å². The Morgan fingerprint density at radius 1 is 1.00 bits per heavy atom. The first-order valence-electron chi connectivity index (χ1n) is 7.15. The van der Waals surface area contributed by atoms with Crippen LogP contribution in [0.4, 0.5) is 0 Å². The lowest BCUT2D eigenvalue weighted by Gasteiger charge is -2.24. The van der Waals surface area contributed by atoms with Gasteiger partial charge in [0.1, 0.15) is 0 Å². The fraction of sp³-hybridized carbons (Fsp3) is 1.00. The van der Waals surface area contributed by atoms with Crippen molar-refractivity contribution in [3.05, 3.63) is 0 Å². The molecule has 0 heterocycles. The van der Waals surface area contributed by atoms with Crippen LogP contribution in [-0.2, 0) is 9.47 Å². The summed E-state index contributed by atoms with van der Waals surface area (Å²) in [5.74, 6) is 0. The number of unbranched alkanes of at least 4 members (excludes halogenated alkanes) is 1. The van der Waals surface area contributed by atoms with Gasteiger partial charge in [0.05, 0.1) is 13.2 Å². The van der Waals surface area contributed by atoms with Gasteiger partial charge in [-0.2, -0.15) is 0 Å². The molecule has 0 amide bonds. The number of hydrogen-bond acceptors (Lipinski definition) is 5. The SMILES string of the molecule is COCCCN(CCCCC(C)(N)CO)CCOC. The van der Waals surface area contributed by atoms with E-state index >= 15 is 0 Å². The van der Waals surface area contributed by atoms with E-state index in [9.17, 15) is 0 Å². The molecule has 0 spiro atoms. The Bertz CT molecular complexity index is 201. The second-order valence-corrected chi connectivity index (χ2v) is 5.45.